The lowest BCUT2D eigenvalue weighted by Crippen LogP contribution is -2.46. The van der Waals surface area contributed by atoms with Crippen LogP contribution in [0.25, 0.3) is 0 Å². The van der Waals surface area contributed by atoms with Crippen LogP contribution in [0.2, 0.25) is 0 Å². The molecule has 0 spiro atoms. The summed E-state index contributed by atoms with van der Waals surface area (Å²) < 4.78 is 13.4. The number of benzene rings is 1. The van der Waals surface area contributed by atoms with Crippen molar-refractivity contribution in [2.24, 2.45) is 5.92 Å². The Balaban J connectivity index is 1.51. The smallest absolute Gasteiger partial charge is 0.222 e. The number of aliphatic hydroxyl groups excluding tert-OH is 1. The zero-order valence-corrected chi connectivity index (χ0v) is 14.9. The third-order valence-corrected chi connectivity index (χ3v) is 5.04. The van der Waals surface area contributed by atoms with E-state index in [0.29, 0.717) is 32.4 Å². The van der Waals surface area contributed by atoms with Crippen LogP contribution in [0.5, 0.6) is 0 Å². The second-order valence-electron chi connectivity index (χ2n) is 7.00. The molecule has 5 heteroatoms. The predicted octanol–water partition coefficient (Wildman–Crippen LogP) is 3.00. The van der Waals surface area contributed by atoms with Gasteiger partial charge in [-0.05, 0) is 61.1 Å². The number of carbonyl (C=O) groups is 1. The molecule has 26 heavy (non-hydrogen) atoms. The molecule has 0 unspecified atom stereocenters. The van der Waals surface area contributed by atoms with Crippen LogP contribution in [0.1, 0.15) is 30.4 Å². The van der Waals surface area contributed by atoms with E-state index in [2.05, 4.69) is 4.98 Å². The Bertz CT molecular complexity index is 723. The van der Waals surface area contributed by atoms with Crippen molar-refractivity contribution in [3.63, 3.8) is 0 Å². The molecule has 1 aromatic carbocycles. The van der Waals surface area contributed by atoms with Crippen LogP contribution < -0.4 is 0 Å². The van der Waals surface area contributed by atoms with Crippen molar-refractivity contribution in [2.45, 2.75) is 38.2 Å². The molecule has 1 fully saturated rings. The van der Waals surface area contributed by atoms with Crippen LogP contribution in [0.4, 0.5) is 4.39 Å². The summed E-state index contributed by atoms with van der Waals surface area (Å²) in [5.41, 5.74) is 2.05. The van der Waals surface area contributed by atoms with E-state index in [1.54, 1.807) is 18.5 Å². The summed E-state index contributed by atoms with van der Waals surface area (Å²) in [7, 11) is 0. The van der Waals surface area contributed by atoms with Gasteiger partial charge in [-0.25, -0.2) is 4.39 Å². The molecule has 1 N–H and O–H groups in total. The lowest BCUT2D eigenvalue weighted by molar-refractivity contribution is -0.135. The van der Waals surface area contributed by atoms with Gasteiger partial charge in [-0.1, -0.05) is 12.1 Å². The number of carbonyl (C=O) groups excluding carboxylic acids is 1. The standard InChI is InChI=1S/C21H25FN2O2/c22-19-5-1-4-17(14-19)13-18-15-24(12-9-20(18)25)21(26)6-2-3-16-7-10-23-11-8-16/h1,4-5,7-8,10-11,14,18,20,25H,2-3,6,9,12-13,15H2/t18-,20-/m1/s1. The minimum absolute atomic E-state index is 0.0466. The van der Waals surface area contributed by atoms with Crippen molar-refractivity contribution in [1.82, 2.24) is 9.88 Å². The number of halogens is 1. The number of hydrogen-bond donors (Lipinski definition) is 1. The summed E-state index contributed by atoms with van der Waals surface area (Å²) in [5.74, 6) is -0.179. The second-order valence-corrected chi connectivity index (χ2v) is 7.00. The Hall–Kier alpha value is -2.27. The molecule has 4 nitrogen and oxygen atoms in total. The molecule has 1 aliphatic rings. The third-order valence-electron chi connectivity index (χ3n) is 5.04. The molecule has 1 saturated heterocycles. The molecular weight excluding hydrogens is 331 g/mol. The van der Waals surface area contributed by atoms with Crippen molar-refractivity contribution in [3.05, 3.63) is 65.7 Å². The van der Waals surface area contributed by atoms with E-state index in [1.165, 1.54) is 17.7 Å². The second kappa shape index (κ2) is 8.90. The van der Waals surface area contributed by atoms with E-state index in [0.717, 1.165) is 18.4 Å². The highest BCUT2D eigenvalue weighted by molar-refractivity contribution is 5.76. The van der Waals surface area contributed by atoms with E-state index in [-0.39, 0.29) is 17.6 Å². The maximum atomic E-state index is 13.4. The zero-order valence-electron chi connectivity index (χ0n) is 14.9. The van der Waals surface area contributed by atoms with Gasteiger partial charge in [-0.3, -0.25) is 9.78 Å². The van der Waals surface area contributed by atoms with Crippen LogP contribution in [0, 0.1) is 11.7 Å². The molecule has 0 radical (unpaired) electrons. The van der Waals surface area contributed by atoms with Gasteiger partial charge in [-0.15, -0.1) is 0 Å². The number of nitrogens with zero attached hydrogens (tertiary/aromatic N) is 2. The normalized spacial score (nSPS) is 20.2. The largest absolute Gasteiger partial charge is 0.393 e. The summed E-state index contributed by atoms with van der Waals surface area (Å²) in [4.78, 5) is 18.4. The quantitative estimate of drug-likeness (QED) is 0.866. The molecule has 3 rings (SSSR count). The van der Waals surface area contributed by atoms with Crippen molar-refractivity contribution in [1.29, 1.82) is 0 Å². The Morgan fingerprint density at radius 1 is 1.23 bits per heavy atom. The molecule has 1 aromatic heterocycles. The number of likely N-dealkylation sites (tertiary alicyclic amines) is 1. The van der Waals surface area contributed by atoms with Crippen molar-refractivity contribution < 1.29 is 14.3 Å². The minimum atomic E-state index is -0.445. The number of rotatable bonds is 6. The monoisotopic (exact) mass is 356 g/mol. The van der Waals surface area contributed by atoms with Crippen molar-refractivity contribution >= 4 is 5.91 Å². The first-order valence-corrected chi connectivity index (χ1v) is 9.21. The minimum Gasteiger partial charge on any atom is -0.393 e. The number of aliphatic hydroxyl groups is 1. The average Bonchev–Trinajstić information content (AvgIpc) is 2.64. The van der Waals surface area contributed by atoms with E-state index in [9.17, 15) is 14.3 Å². The maximum Gasteiger partial charge on any atom is 0.222 e. The Morgan fingerprint density at radius 2 is 2.04 bits per heavy atom. The topological polar surface area (TPSA) is 53.4 Å². The molecule has 1 aliphatic heterocycles. The highest BCUT2D eigenvalue weighted by Crippen LogP contribution is 2.23. The van der Waals surface area contributed by atoms with E-state index < -0.39 is 6.10 Å². The molecule has 138 valence electrons. The average molecular weight is 356 g/mol. The number of piperidine rings is 1. The van der Waals surface area contributed by atoms with E-state index >= 15 is 0 Å². The zero-order chi connectivity index (χ0) is 18.4. The summed E-state index contributed by atoms with van der Waals surface area (Å²) in [6.45, 7) is 1.13. The number of aryl methyl sites for hydroxylation is 1. The fourth-order valence-corrected chi connectivity index (χ4v) is 3.56. The van der Waals surface area contributed by atoms with Gasteiger partial charge in [0.2, 0.25) is 5.91 Å². The van der Waals surface area contributed by atoms with E-state index in [1.807, 2.05) is 23.1 Å². The molecule has 1 amide bonds. The fourth-order valence-electron chi connectivity index (χ4n) is 3.56. The van der Waals surface area contributed by atoms with Gasteiger partial charge in [0.25, 0.3) is 0 Å². The molecule has 2 aromatic rings. The molecule has 2 atom stereocenters. The van der Waals surface area contributed by atoms with Gasteiger partial charge in [0.15, 0.2) is 0 Å². The summed E-state index contributed by atoms with van der Waals surface area (Å²) in [6.07, 6.45) is 6.41. The van der Waals surface area contributed by atoms with Crippen LogP contribution in [-0.2, 0) is 17.6 Å². The molecule has 0 aliphatic carbocycles. The van der Waals surface area contributed by atoms with Gasteiger partial charge in [0.05, 0.1) is 6.10 Å². The lowest BCUT2D eigenvalue weighted by atomic mass is 9.88. The van der Waals surface area contributed by atoms with Gasteiger partial charge in [-0.2, -0.15) is 0 Å². The highest BCUT2D eigenvalue weighted by Gasteiger charge is 2.30. The summed E-state index contributed by atoms with van der Waals surface area (Å²) in [5, 5.41) is 10.3. The lowest BCUT2D eigenvalue weighted by Gasteiger charge is -2.36. The summed E-state index contributed by atoms with van der Waals surface area (Å²) >= 11 is 0. The third kappa shape index (κ3) is 5.11. The Labute approximate surface area is 153 Å². The first-order chi connectivity index (χ1) is 12.6. The van der Waals surface area contributed by atoms with Crippen molar-refractivity contribution in [3.8, 4) is 0 Å². The predicted molar refractivity (Wildman–Crippen MR) is 98.0 cm³/mol. The van der Waals surface area contributed by atoms with Gasteiger partial charge >= 0.3 is 0 Å². The first-order valence-electron chi connectivity index (χ1n) is 9.21. The Kier molecular flexibility index (Phi) is 6.34. The molecule has 0 saturated carbocycles. The highest BCUT2D eigenvalue weighted by atomic mass is 19.1. The van der Waals surface area contributed by atoms with Gasteiger partial charge in [0.1, 0.15) is 5.82 Å². The van der Waals surface area contributed by atoms with Gasteiger partial charge < -0.3 is 10.0 Å². The van der Waals surface area contributed by atoms with E-state index in [4.69, 9.17) is 0 Å². The fraction of sp³-hybridized carbons (Fsp3) is 0.429. The van der Waals surface area contributed by atoms with Crippen LogP contribution in [-0.4, -0.2) is 40.1 Å². The van der Waals surface area contributed by atoms with Crippen LogP contribution >= 0.6 is 0 Å². The number of amides is 1. The number of pyridine rings is 1. The maximum absolute atomic E-state index is 13.4. The molecule has 0 bridgehead atoms. The number of aromatic nitrogens is 1. The molecular formula is C21H25FN2O2. The van der Waals surface area contributed by atoms with Crippen LogP contribution in [0.3, 0.4) is 0 Å². The van der Waals surface area contributed by atoms with Gasteiger partial charge in [0, 0.05) is 37.8 Å². The van der Waals surface area contributed by atoms with Crippen molar-refractivity contribution in [2.75, 3.05) is 13.1 Å². The Morgan fingerprint density at radius 3 is 2.81 bits per heavy atom. The number of hydrogen-bond acceptors (Lipinski definition) is 3. The van der Waals surface area contributed by atoms with Crippen LogP contribution in [0.15, 0.2) is 48.8 Å². The molecule has 2 heterocycles. The first kappa shape index (κ1) is 18.5. The SMILES string of the molecule is O=C(CCCc1ccncc1)N1CC[C@@H](O)[C@H](Cc2cccc(F)c2)C1. The summed E-state index contributed by atoms with van der Waals surface area (Å²) in [6, 6.07) is 10.4.